The molecule has 0 saturated heterocycles. The number of halogens is 2. The topological polar surface area (TPSA) is 77.1 Å². The highest BCUT2D eigenvalue weighted by atomic mass is 35.5. The molecule has 2 aromatic carbocycles. The number of methoxy groups -OCH3 is 2. The summed E-state index contributed by atoms with van der Waals surface area (Å²) in [6.07, 6.45) is 2.16. The molecule has 1 saturated carbocycles. The lowest BCUT2D eigenvalue weighted by Crippen LogP contribution is -2.43. The van der Waals surface area contributed by atoms with Gasteiger partial charge >= 0.3 is 0 Å². The monoisotopic (exact) mass is 546 g/mol. The van der Waals surface area contributed by atoms with E-state index >= 15 is 4.39 Å². The van der Waals surface area contributed by atoms with Gasteiger partial charge < -0.3 is 19.5 Å². The average Bonchev–Trinajstić information content (AvgIpc) is 3.57. The van der Waals surface area contributed by atoms with E-state index in [1.807, 2.05) is 0 Å². The van der Waals surface area contributed by atoms with Crippen LogP contribution in [-0.4, -0.2) is 32.6 Å². The third kappa shape index (κ3) is 6.34. The lowest BCUT2D eigenvalue weighted by Gasteiger charge is -2.30. The smallest absolute Gasteiger partial charge is 0.248 e. The van der Waals surface area contributed by atoms with Crippen LogP contribution in [0.3, 0.4) is 0 Å². The lowest BCUT2D eigenvalue weighted by atomic mass is 10.1. The van der Waals surface area contributed by atoms with E-state index in [-0.39, 0.29) is 23.0 Å². The second kappa shape index (κ2) is 11.8. The predicted octanol–water partition coefficient (Wildman–Crippen LogP) is 5.76. The highest BCUT2D eigenvalue weighted by Gasteiger charge is 2.34. The molecule has 0 bridgehead atoms. The van der Waals surface area contributed by atoms with Crippen molar-refractivity contribution in [1.29, 1.82) is 0 Å². The van der Waals surface area contributed by atoms with Gasteiger partial charge in [-0.2, -0.15) is 0 Å². The Labute approximate surface area is 224 Å². The molecule has 10 heteroatoms. The zero-order valence-electron chi connectivity index (χ0n) is 20.8. The van der Waals surface area contributed by atoms with Gasteiger partial charge in [0.2, 0.25) is 11.8 Å². The molecule has 2 amide bonds. The van der Waals surface area contributed by atoms with Gasteiger partial charge in [0.15, 0.2) is 5.82 Å². The van der Waals surface area contributed by atoms with E-state index in [9.17, 15) is 9.59 Å². The molecule has 1 heterocycles. The van der Waals surface area contributed by atoms with E-state index in [0.717, 1.165) is 17.7 Å². The summed E-state index contributed by atoms with van der Waals surface area (Å²) in [5, 5.41) is 4.82. The fourth-order valence-corrected chi connectivity index (χ4v) is 4.92. The van der Waals surface area contributed by atoms with E-state index in [4.69, 9.17) is 25.8 Å². The molecule has 1 atom stereocenters. The Morgan fingerprint density at radius 3 is 2.57 bits per heavy atom. The number of carbonyl (C=O) groups is 2. The van der Waals surface area contributed by atoms with Crippen molar-refractivity contribution in [3.63, 3.8) is 0 Å². The van der Waals surface area contributed by atoms with Crippen LogP contribution in [0.1, 0.15) is 36.2 Å². The van der Waals surface area contributed by atoms with Gasteiger partial charge in [0.25, 0.3) is 0 Å². The van der Waals surface area contributed by atoms with Crippen molar-refractivity contribution in [2.24, 2.45) is 5.92 Å². The Balaban J connectivity index is 1.63. The Bertz CT molecular complexity index is 1270. The number of benzene rings is 2. The second-order valence-electron chi connectivity index (χ2n) is 8.69. The number of nitrogens with zero attached hydrogens (tertiary/aromatic N) is 1. The molecule has 37 heavy (non-hydrogen) atoms. The van der Waals surface area contributed by atoms with Gasteiger partial charge in [0, 0.05) is 36.0 Å². The molecular weight excluding hydrogens is 519 g/mol. The number of anilines is 1. The summed E-state index contributed by atoms with van der Waals surface area (Å²) in [6, 6.07) is 10.1. The van der Waals surface area contributed by atoms with Gasteiger partial charge in [-0.3, -0.25) is 14.5 Å². The summed E-state index contributed by atoms with van der Waals surface area (Å²) < 4.78 is 31.7. The first kappa shape index (κ1) is 26.8. The van der Waals surface area contributed by atoms with Gasteiger partial charge in [-0.05, 0) is 48.4 Å². The molecule has 0 spiro atoms. The molecule has 1 aliphatic carbocycles. The summed E-state index contributed by atoms with van der Waals surface area (Å²) in [5.41, 5.74) is 0.606. The molecule has 1 aliphatic rings. The number of nitrogens with one attached hydrogen (secondary N) is 1. The number of amides is 2. The van der Waals surface area contributed by atoms with Gasteiger partial charge in [-0.15, -0.1) is 11.3 Å². The second-order valence-corrected chi connectivity index (χ2v) is 10.1. The van der Waals surface area contributed by atoms with Gasteiger partial charge in [-0.1, -0.05) is 17.7 Å². The van der Waals surface area contributed by atoms with Crippen LogP contribution >= 0.6 is 22.9 Å². The van der Waals surface area contributed by atoms with E-state index < -0.39 is 23.7 Å². The summed E-state index contributed by atoms with van der Waals surface area (Å²) in [4.78, 5) is 28.1. The average molecular weight is 547 g/mol. The minimum absolute atomic E-state index is 0.105. The van der Waals surface area contributed by atoms with Crippen molar-refractivity contribution in [2.75, 3.05) is 25.7 Å². The van der Waals surface area contributed by atoms with Crippen molar-refractivity contribution < 1.29 is 28.2 Å². The summed E-state index contributed by atoms with van der Waals surface area (Å²) in [7, 11) is 3.08. The fraction of sp³-hybridized carbons (Fsp3) is 0.333. The molecule has 3 aromatic rings. The first-order valence-corrected chi connectivity index (χ1v) is 13.0. The third-order valence-electron chi connectivity index (χ3n) is 6.04. The Morgan fingerprint density at radius 1 is 1.16 bits per heavy atom. The van der Waals surface area contributed by atoms with E-state index in [2.05, 4.69) is 5.32 Å². The molecule has 0 aliphatic heterocycles. The molecule has 1 N–H and O–H groups in total. The Kier molecular flexibility index (Phi) is 8.56. The Hall–Kier alpha value is -3.30. The van der Waals surface area contributed by atoms with Crippen molar-refractivity contribution in [3.05, 3.63) is 69.1 Å². The van der Waals surface area contributed by atoms with Crippen LogP contribution in [0.25, 0.3) is 0 Å². The number of ether oxygens (including phenoxy) is 3. The first-order valence-electron chi connectivity index (χ1n) is 11.8. The zero-order valence-corrected chi connectivity index (χ0v) is 22.3. The molecule has 1 fully saturated rings. The highest BCUT2D eigenvalue weighted by molar-refractivity contribution is 7.10. The number of hydrogen-bond acceptors (Lipinski definition) is 6. The number of thiophene rings is 1. The molecule has 4 rings (SSSR count). The maximum absolute atomic E-state index is 15.4. The lowest BCUT2D eigenvalue weighted by molar-refractivity contribution is -0.126. The SMILES string of the molecule is COc1ccc(CNC(=O)C(c2cccs2)N(C(C)=O)c2cc(Cl)c(OCC3CC3)cc2F)c(OC)c1. The number of hydrogen-bond donors (Lipinski definition) is 1. The maximum Gasteiger partial charge on any atom is 0.248 e. The van der Waals surface area contributed by atoms with Crippen LogP contribution in [0.15, 0.2) is 47.8 Å². The van der Waals surface area contributed by atoms with Crippen molar-refractivity contribution in [3.8, 4) is 17.2 Å². The zero-order chi connectivity index (χ0) is 26.5. The van der Waals surface area contributed by atoms with E-state index in [1.165, 1.54) is 37.5 Å². The molecule has 1 aromatic heterocycles. The third-order valence-corrected chi connectivity index (χ3v) is 7.26. The molecule has 1 unspecified atom stereocenters. The van der Waals surface area contributed by atoms with Gasteiger partial charge in [0.05, 0.1) is 31.5 Å². The van der Waals surface area contributed by atoms with E-state index in [0.29, 0.717) is 34.5 Å². The number of carbonyl (C=O) groups excluding carboxylic acids is 2. The molecule has 7 nitrogen and oxygen atoms in total. The van der Waals surface area contributed by atoms with Crippen LogP contribution in [0.2, 0.25) is 5.02 Å². The summed E-state index contributed by atoms with van der Waals surface area (Å²) in [5.74, 6) is 0.109. The Morgan fingerprint density at radius 2 is 1.95 bits per heavy atom. The van der Waals surface area contributed by atoms with Crippen LogP contribution in [0.5, 0.6) is 17.2 Å². The number of rotatable bonds is 11. The maximum atomic E-state index is 15.4. The fourth-order valence-electron chi connectivity index (χ4n) is 3.89. The van der Waals surface area contributed by atoms with Crippen LogP contribution < -0.4 is 24.4 Å². The van der Waals surface area contributed by atoms with Crippen molar-refractivity contribution >= 4 is 40.4 Å². The molecule has 196 valence electrons. The minimum Gasteiger partial charge on any atom is -0.497 e. The summed E-state index contributed by atoms with van der Waals surface area (Å²) >= 11 is 7.70. The molecule has 0 radical (unpaired) electrons. The van der Waals surface area contributed by atoms with E-state index in [1.54, 1.807) is 42.8 Å². The van der Waals surface area contributed by atoms with Gasteiger partial charge in [-0.25, -0.2) is 4.39 Å². The standard InChI is InChI=1S/C27H28ClFN2O5S/c1-16(32)31(22-12-20(28)24(13-21(22)29)36-15-17-6-7-17)26(25-5-4-10-37-25)27(33)30-14-18-8-9-19(34-2)11-23(18)35-3/h4-5,8-13,17,26H,6-7,14-15H2,1-3H3,(H,30,33). The quantitative estimate of drug-likeness (QED) is 0.331. The normalized spacial score (nSPS) is 13.5. The first-order chi connectivity index (χ1) is 17.8. The minimum atomic E-state index is -1.12. The van der Waals surface area contributed by atoms with Crippen molar-refractivity contribution in [2.45, 2.75) is 32.4 Å². The summed E-state index contributed by atoms with van der Waals surface area (Å²) in [6.45, 7) is 1.87. The van der Waals surface area contributed by atoms with Crippen LogP contribution in [0, 0.1) is 11.7 Å². The largest absolute Gasteiger partial charge is 0.497 e. The van der Waals surface area contributed by atoms with Gasteiger partial charge in [0.1, 0.15) is 23.3 Å². The van der Waals surface area contributed by atoms with Crippen molar-refractivity contribution in [1.82, 2.24) is 5.32 Å². The predicted molar refractivity (Wildman–Crippen MR) is 141 cm³/mol. The van der Waals surface area contributed by atoms with Crippen LogP contribution in [0.4, 0.5) is 10.1 Å². The van der Waals surface area contributed by atoms with Crippen LogP contribution in [-0.2, 0) is 16.1 Å². The molecular formula is C27H28ClFN2O5S. The highest BCUT2D eigenvalue weighted by Crippen LogP contribution is 2.38.